The van der Waals surface area contributed by atoms with Gasteiger partial charge in [-0.25, -0.2) is 9.07 Å². The largest absolute Gasteiger partial charge is 0.381 e. The maximum absolute atomic E-state index is 15.7. The van der Waals surface area contributed by atoms with Crippen molar-refractivity contribution in [2.75, 3.05) is 29.5 Å². The molecule has 2 aromatic heterocycles. The lowest BCUT2D eigenvalue weighted by Crippen LogP contribution is -2.51. The van der Waals surface area contributed by atoms with Crippen LogP contribution in [0.1, 0.15) is 93.0 Å². The SMILES string of the molecule is Nc1nn2c(c1C(=O)Nc1cnccc1CN1CCCC1=O)NCC(F)C21CCCCCCCCCC1. The lowest BCUT2D eigenvalue weighted by molar-refractivity contribution is -0.128. The summed E-state index contributed by atoms with van der Waals surface area (Å²) in [5.74, 6) is 0.264. The van der Waals surface area contributed by atoms with Gasteiger partial charge in [0.15, 0.2) is 5.82 Å². The second-order valence-electron chi connectivity index (χ2n) is 10.7. The zero-order valence-corrected chi connectivity index (χ0v) is 21.5. The van der Waals surface area contributed by atoms with Crippen molar-refractivity contribution in [3.63, 3.8) is 0 Å². The van der Waals surface area contributed by atoms with Gasteiger partial charge < -0.3 is 21.3 Å². The molecule has 1 saturated heterocycles. The molecule has 1 atom stereocenters. The Bertz CT molecular complexity index is 1120. The first-order valence-corrected chi connectivity index (χ1v) is 13.8. The number of hydrogen-bond acceptors (Lipinski definition) is 6. The molecule has 2 aromatic rings. The van der Waals surface area contributed by atoms with Crippen LogP contribution in [0.2, 0.25) is 0 Å². The zero-order valence-electron chi connectivity index (χ0n) is 21.5. The fourth-order valence-electron chi connectivity index (χ4n) is 6.16. The number of alkyl halides is 1. The van der Waals surface area contributed by atoms with Gasteiger partial charge in [-0.1, -0.05) is 51.4 Å². The van der Waals surface area contributed by atoms with Crippen LogP contribution in [0.3, 0.4) is 0 Å². The molecule has 2 amide bonds. The van der Waals surface area contributed by atoms with E-state index in [0.29, 0.717) is 43.9 Å². The Labute approximate surface area is 217 Å². The second-order valence-corrected chi connectivity index (χ2v) is 10.7. The number of hydrogen-bond donors (Lipinski definition) is 3. The summed E-state index contributed by atoms with van der Waals surface area (Å²) in [6.45, 7) is 1.24. The highest BCUT2D eigenvalue weighted by molar-refractivity contribution is 6.11. The lowest BCUT2D eigenvalue weighted by atomic mass is 9.81. The summed E-state index contributed by atoms with van der Waals surface area (Å²) in [5.41, 5.74) is 7.08. The number of pyridine rings is 1. The van der Waals surface area contributed by atoms with Crippen molar-refractivity contribution in [3.8, 4) is 0 Å². The molecule has 37 heavy (non-hydrogen) atoms. The molecule has 2 aliphatic heterocycles. The fraction of sp³-hybridized carbons (Fsp3) is 0.630. The highest BCUT2D eigenvalue weighted by Crippen LogP contribution is 2.43. The summed E-state index contributed by atoms with van der Waals surface area (Å²) in [7, 11) is 0. The quantitative estimate of drug-likeness (QED) is 0.552. The van der Waals surface area contributed by atoms with Gasteiger partial charge in [-0.3, -0.25) is 14.6 Å². The molecule has 1 spiro atoms. The molecule has 0 radical (unpaired) electrons. The highest BCUT2D eigenvalue weighted by atomic mass is 19.1. The van der Waals surface area contributed by atoms with E-state index in [0.717, 1.165) is 37.7 Å². The monoisotopic (exact) mass is 511 g/mol. The van der Waals surface area contributed by atoms with Gasteiger partial charge in [-0.2, -0.15) is 5.10 Å². The zero-order chi connectivity index (χ0) is 25.8. The van der Waals surface area contributed by atoms with E-state index in [1.54, 1.807) is 22.0 Å². The molecule has 2 fully saturated rings. The van der Waals surface area contributed by atoms with Gasteiger partial charge >= 0.3 is 0 Å². The maximum atomic E-state index is 15.7. The first-order valence-electron chi connectivity index (χ1n) is 13.8. The third kappa shape index (κ3) is 5.15. The van der Waals surface area contributed by atoms with Crippen molar-refractivity contribution in [2.24, 2.45) is 0 Å². The number of aromatic nitrogens is 3. The van der Waals surface area contributed by atoms with E-state index >= 15 is 4.39 Å². The number of nitrogens with one attached hydrogen (secondary N) is 2. The first kappa shape index (κ1) is 25.5. The average Bonchev–Trinajstić information content (AvgIpc) is 3.43. The Morgan fingerprint density at radius 3 is 2.51 bits per heavy atom. The van der Waals surface area contributed by atoms with Gasteiger partial charge in [-0.05, 0) is 30.9 Å². The lowest BCUT2D eigenvalue weighted by Gasteiger charge is -2.42. The molecule has 0 aromatic carbocycles. The van der Waals surface area contributed by atoms with Crippen molar-refractivity contribution in [1.82, 2.24) is 19.7 Å². The number of nitrogen functional groups attached to an aromatic ring is 1. The van der Waals surface area contributed by atoms with Crippen molar-refractivity contribution in [2.45, 2.75) is 95.3 Å². The molecule has 1 aliphatic carbocycles. The van der Waals surface area contributed by atoms with E-state index in [1.165, 1.54) is 25.7 Å². The molecule has 1 unspecified atom stereocenters. The molecule has 200 valence electrons. The molecule has 4 N–H and O–H groups in total. The Balaban J connectivity index is 1.42. The number of fused-ring (bicyclic) bond motifs is 2. The summed E-state index contributed by atoms with van der Waals surface area (Å²) in [5, 5.41) is 10.6. The minimum absolute atomic E-state index is 0.0861. The number of nitrogens with two attached hydrogens (primary N) is 1. The summed E-state index contributed by atoms with van der Waals surface area (Å²) in [4.78, 5) is 31.7. The van der Waals surface area contributed by atoms with E-state index < -0.39 is 17.6 Å². The normalized spacial score (nSPS) is 22.2. The van der Waals surface area contributed by atoms with Crippen LogP contribution in [0.25, 0.3) is 0 Å². The van der Waals surface area contributed by atoms with Gasteiger partial charge in [0.1, 0.15) is 17.6 Å². The molecule has 0 bridgehead atoms. The summed E-state index contributed by atoms with van der Waals surface area (Å²) in [6.07, 6.45) is 13.7. The standard InChI is InChI=1S/C27H38FN7O2/c28-21-17-31-25-23(24(29)33-35(25)27(21)12-7-5-3-1-2-4-6-8-13-27)26(37)32-20-16-30-14-11-19(20)18-34-15-9-10-22(34)36/h11,14,16,21,31H,1-10,12-13,15,17-18H2,(H2,29,33)(H,32,37). The van der Waals surface area contributed by atoms with Gasteiger partial charge in [-0.15, -0.1) is 0 Å². The van der Waals surface area contributed by atoms with Crippen LogP contribution in [0.4, 0.5) is 21.7 Å². The predicted octanol–water partition coefficient (Wildman–Crippen LogP) is 4.61. The molecule has 4 heterocycles. The second kappa shape index (κ2) is 11.1. The third-order valence-electron chi connectivity index (χ3n) is 8.25. The number of likely N-dealkylation sites (tertiary alicyclic amines) is 1. The molecular formula is C27H38FN7O2. The summed E-state index contributed by atoms with van der Waals surface area (Å²) in [6, 6.07) is 1.81. The Morgan fingerprint density at radius 1 is 1.14 bits per heavy atom. The van der Waals surface area contributed by atoms with Crippen LogP contribution in [0.5, 0.6) is 0 Å². The minimum atomic E-state index is -1.11. The Kier molecular flexibility index (Phi) is 7.62. The van der Waals surface area contributed by atoms with Crippen LogP contribution >= 0.6 is 0 Å². The highest BCUT2D eigenvalue weighted by Gasteiger charge is 2.47. The van der Waals surface area contributed by atoms with Crippen LogP contribution in [-0.4, -0.2) is 50.7 Å². The van der Waals surface area contributed by atoms with Crippen LogP contribution in [0, 0.1) is 0 Å². The first-order chi connectivity index (χ1) is 18.0. The third-order valence-corrected chi connectivity index (χ3v) is 8.25. The van der Waals surface area contributed by atoms with E-state index in [1.807, 2.05) is 6.07 Å². The van der Waals surface area contributed by atoms with E-state index in [-0.39, 0.29) is 23.8 Å². The van der Waals surface area contributed by atoms with Gasteiger partial charge in [0.05, 0.1) is 17.4 Å². The summed E-state index contributed by atoms with van der Waals surface area (Å²) >= 11 is 0. The van der Waals surface area contributed by atoms with E-state index in [4.69, 9.17) is 5.73 Å². The van der Waals surface area contributed by atoms with E-state index in [9.17, 15) is 9.59 Å². The Hall–Kier alpha value is -3.17. The number of carbonyl (C=O) groups is 2. The van der Waals surface area contributed by atoms with Crippen LogP contribution in [-0.2, 0) is 16.9 Å². The fourth-order valence-corrected chi connectivity index (χ4v) is 6.16. The van der Waals surface area contributed by atoms with Crippen LogP contribution in [0.15, 0.2) is 18.5 Å². The number of amides is 2. The number of rotatable bonds is 4. The Morgan fingerprint density at radius 2 is 1.84 bits per heavy atom. The van der Waals surface area contributed by atoms with Gasteiger partial charge in [0.2, 0.25) is 5.91 Å². The maximum Gasteiger partial charge on any atom is 0.263 e. The predicted molar refractivity (Wildman–Crippen MR) is 141 cm³/mol. The van der Waals surface area contributed by atoms with Crippen LogP contribution < -0.4 is 16.4 Å². The molecule has 9 nitrogen and oxygen atoms in total. The smallest absolute Gasteiger partial charge is 0.263 e. The molecule has 5 rings (SSSR count). The molecule has 3 aliphatic rings. The molecule has 10 heteroatoms. The average molecular weight is 512 g/mol. The molecular weight excluding hydrogens is 473 g/mol. The number of carbonyl (C=O) groups excluding carboxylic acids is 2. The van der Waals surface area contributed by atoms with Gasteiger partial charge in [0.25, 0.3) is 5.91 Å². The van der Waals surface area contributed by atoms with Crippen molar-refractivity contribution >= 4 is 29.1 Å². The minimum Gasteiger partial charge on any atom is -0.381 e. The van der Waals surface area contributed by atoms with Crippen molar-refractivity contribution in [1.29, 1.82) is 0 Å². The van der Waals surface area contributed by atoms with Gasteiger partial charge in [0, 0.05) is 32.3 Å². The number of nitrogens with zero attached hydrogens (tertiary/aromatic N) is 4. The number of halogens is 1. The number of anilines is 3. The topological polar surface area (TPSA) is 118 Å². The van der Waals surface area contributed by atoms with Crippen molar-refractivity contribution in [3.05, 3.63) is 29.6 Å². The van der Waals surface area contributed by atoms with E-state index in [2.05, 4.69) is 20.7 Å². The summed E-state index contributed by atoms with van der Waals surface area (Å²) < 4.78 is 17.4. The molecule has 1 saturated carbocycles. The van der Waals surface area contributed by atoms with Crippen molar-refractivity contribution < 1.29 is 14.0 Å².